The zero-order chi connectivity index (χ0) is 11.8. The van der Waals surface area contributed by atoms with Crippen LogP contribution >= 0.6 is 15.9 Å². The molecule has 0 heterocycles. The van der Waals surface area contributed by atoms with Gasteiger partial charge in [0.25, 0.3) is 0 Å². The maximum absolute atomic E-state index is 3.59. The number of unbranched alkanes of at least 4 members (excludes halogenated alkanes) is 4. The van der Waals surface area contributed by atoms with E-state index in [9.17, 15) is 0 Å². The van der Waals surface area contributed by atoms with Crippen LogP contribution in [0.4, 0.5) is 0 Å². The van der Waals surface area contributed by atoms with Gasteiger partial charge in [-0.1, -0.05) is 67.6 Å². The Morgan fingerprint density at radius 1 is 1.00 bits per heavy atom. The predicted octanol–water partition coefficient (Wildman–Crippen LogP) is 5.52. The largest absolute Gasteiger partial charge is 0.0654 e. The predicted molar refractivity (Wildman–Crippen MR) is 76.0 cm³/mol. The first-order chi connectivity index (χ1) is 7.77. The highest BCUT2D eigenvalue weighted by atomic mass is 79.9. The highest BCUT2D eigenvalue weighted by Crippen LogP contribution is 2.20. The molecule has 0 spiro atoms. The summed E-state index contributed by atoms with van der Waals surface area (Å²) in [5, 5.41) is 0. The summed E-state index contributed by atoms with van der Waals surface area (Å²) in [6.45, 7) is 4.48. The molecule has 0 unspecified atom stereocenters. The third-order valence-corrected chi connectivity index (χ3v) is 3.83. The van der Waals surface area contributed by atoms with Crippen molar-refractivity contribution < 1.29 is 0 Å². The van der Waals surface area contributed by atoms with Crippen molar-refractivity contribution in [2.75, 3.05) is 0 Å². The molecule has 0 N–H and O–H groups in total. The van der Waals surface area contributed by atoms with E-state index in [2.05, 4.69) is 48.0 Å². The lowest BCUT2D eigenvalue weighted by atomic mass is 10.0. The molecule has 1 aromatic rings. The number of hydrogen-bond donors (Lipinski definition) is 0. The van der Waals surface area contributed by atoms with E-state index in [0.29, 0.717) is 0 Å². The van der Waals surface area contributed by atoms with Crippen molar-refractivity contribution in [2.24, 2.45) is 0 Å². The average Bonchev–Trinajstić information content (AvgIpc) is 2.31. The quantitative estimate of drug-likeness (QED) is 0.577. The Balaban J connectivity index is 2.36. The molecule has 90 valence electrons. The van der Waals surface area contributed by atoms with E-state index < -0.39 is 0 Å². The second-order valence-electron chi connectivity index (χ2n) is 4.44. The molecule has 0 amide bonds. The van der Waals surface area contributed by atoms with Crippen molar-refractivity contribution in [3.63, 3.8) is 0 Å². The van der Waals surface area contributed by atoms with Crippen molar-refractivity contribution in [1.29, 1.82) is 0 Å². The lowest BCUT2D eigenvalue weighted by molar-refractivity contribution is 0.632. The monoisotopic (exact) mass is 282 g/mol. The maximum atomic E-state index is 3.59. The van der Waals surface area contributed by atoms with Crippen LogP contribution in [0.2, 0.25) is 0 Å². The van der Waals surface area contributed by atoms with Crippen LogP contribution in [0.25, 0.3) is 0 Å². The van der Waals surface area contributed by atoms with Gasteiger partial charge in [-0.15, -0.1) is 0 Å². The Labute approximate surface area is 109 Å². The van der Waals surface area contributed by atoms with Gasteiger partial charge in [0.05, 0.1) is 0 Å². The molecule has 0 bridgehead atoms. The molecule has 1 heteroatoms. The molecule has 0 aliphatic heterocycles. The SMILES string of the molecule is CCCCCCCc1ccc(Br)c(CC)c1. The van der Waals surface area contributed by atoms with Gasteiger partial charge in [-0.2, -0.15) is 0 Å². The summed E-state index contributed by atoms with van der Waals surface area (Å²) in [6, 6.07) is 6.80. The second-order valence-corrected chi connectivity index (χ2v) is 5.30. The lowest BCUT2D eigenvalue weighted by Crippen LogP contribution is -1.90. The van der Waals surface area contributed by atoms with Crippen molar-refractivity contribution in [1.82, 2.24) is 0 Å². The zero-order valence-electron chi connectivity index (χ0n) is 10.6. The smallest absolute Gasteiger partial charge is 0.0207 e. The van der Waals surface area contributed by atoms with Gasteiger partial charge in [0, 0.05) is 4.47 Å². The molecule has 0 aliphatic carbocycles. The molecule has 0 aromatic heterocycles. The molecule has 16 heavy (non-hydrogen) atoms. The van der Waals surface area contributed by atoms with Gasteiger partial charge in [-0.3, -0.25) is 0 Å². The fourth-order valence-electron chi connectivity index (χ4n) is 1.99. The van der Waals surface area contributed by atoms with E-state index in [1.54, 1.807) is 0 Å². The molecule has 0 aliphatic rings. The van der Waals surface area contributed by atoms with Crippen LogP contribution in [0.1, 0.15) is 57.1 Å². The van der Waals surface area contributed by atoms with Crippen molar-refractivity contribution >= 4 is 15.9 Å². The van der Waals surface area contributed by atoms with Crippen molar-refractivity contribution in [3.8, 4) is 0 Å². The molecule has 0 saturated heterocycles. The first-order valence-electron chi connectivity index (χ1n) is 6.55. The molecule has 1 rings (SSSR count). The minimum absolute atomic E-state index is 1.12. The first kappa shape index (κ1) is 13.8. The Morgan fingerprint density at radius 2 is 1.75 bits per heavy atom. The van der Waals surface area contributed by atoms with Gasteiger partial charge in [0.1, 0.15) is 0 Å². The third kappa shape index (κ3) is 4.69. The molecule has 0 atom stereocenters. The lowest BCUT2D eigenvalue weighted by Gasteiger charge is -2.06. The summed E-state index contributed by atoms with van der Waals surface area (Å²) < 4.78 is 1.25. The van der Waals surface area contributed by atoms with E-state index in [4.69, 9.17) is 0 Å². The number of halogens is 1. The molecule has 0 fully saturated rings. The maximum Gasteiger partial charge on any atom is 0.0207 e. The minimum Gasteiger partial charge on any atom is -0.0654 e. The highest BCUT2D eigenvalue weighted by molar-refractivity contribution is 9.10. The van der Waals surface area contributed by atoms with Crippen molar-refractivity contribution in [3.05, 3.63) is 33.8 Å². The number of hydrogen-bond acceptors (Lipinski definition) is 0. The van der Waals surface area contributed by atoms with E-state index >= 15 is 0 Å². The van der Waals surface area contributed by atoms with Crippen LogP contribution in [-0.2, 0) is 12.8 Å². The van der Waals surface area contributed by atoms with E-state index in [-0.39, 0.29) is 0 Å². The van der Waals surface area contributed by atoms with Crippen LogP contribution in [-0.4, -0.2) is 0 Å². The molecular weight excluding hydrogens is 260 g/mol. The Kier molecular flexibility index (Phi) is 6.79. The molecular formula is C15H23Br. The van der Waals surface area contributed by atoms with Crippen LogP contribution in [0.5, 0.6) is 0 Å². The van der Waals surface area contributed by atoms with Gasteiger partial charge in [0.15, 0.2) is 0 Å². The summed E-state index contributed by atoms with van der Waals surface area (Å²) in [7, 11) is 0. The van der Waals surface area contributed by atoms with Crippen LogP contribution in [0.3, 0.4) is 0 Å². The Hall–Kier alpha value is -0.300. The number of benzene rings is 1. The van der Waals surface area contributed by atoms with Gasteiger partial charge in [-0.25, -0.2) is 0 Å². The van der Waals surface area contributed by atoms with Crippen LogP contribution in [0.15, 0.2) is 22.7 Å². The summed E-state index contributed by atoms with van der Waals surface area (Å²) in [5.74, 6) is 0. The van der Waals surface area contributed by atoms with Gasteiger partial charge < -0.3 is 0 Å². The summed E-state index contributed by atoms with van der Waals surface area (Å²) in [5.41, 5.74) is 2.93. The molecule has 0 radical (unpaired) electrons. The minimum atomic E-state index is 1.12. The van der Waals surface area contributed by atoms with Crippen LogP contribution < -0.4 is 0 Å². The molecule has 0 saturated carbocycles. The summed E-state index contributed by atoms with van der Waals surface area (Å²) in [6.07, 6.45) is 9.19. The standard InChI is InChI=1S/C15H23Br/c1-3-5-6-7-8-9-13-10-11-15(16)14(4-2)12-13/h10-12H,3-9H2,1-2H3. The zero-order valence-corrected chi connectivity index (χ0v) is 12.1. The first-order valence-corrected chi connectivity index (χ1v) is 7.34. The number of rotatable bonds is 7. The second kappa shape index (κ2) is 7.89. The van der Waals surface area contributed by atoms with Crippen LogP contribution in [0, 0.1) is 0 Å². The van der Waals surface area contributed by atoms with E-state index in [1.165, 1.54) is 54.1 Å². The highest BCUT2D eigenvalue weighted by Gasteiger charge is 1.99. The van der Waals surface area contributed by atoms with Gasteiger partial charge >= 0.3 is 0 Å². The summed E-state index contributed by atoms with van der Waals surface area (Å²) in [4.78, 5) is 0. The third-order valence-electron chi connectivity index (χ3n) is 3.06. The number of aryl methyl sites for hydroxylation is 2. The fraction of sp³-hybridized carbons (Fsp3) is 0.600. The van der Waals surface area contributed by atoms with Gasteiger partial charge in [0.2, 0.25) is 0 Å². The van der Waals surface area contributed by atoms with E-state index in [1.807, 2.05) is 0 Å². The average molecular weight is 283 g/mol. The Morgan fingerprint density at radius 3 is 2.44 bits per heavy atom. The normalized spacial score (nSPS) is 10.7. The fourth-order valence-corrected chi connectivity index (χ4v) is 2.51. The molecule has 1 aromatic carbocycles. The van der Waals surface area contributed by atoms with Crippen molar-refractivity contribution in [2.45, 2.75) is 58.8 Å². The molecule has 0 nitrogen and oxygen atoms in total. The summed E-state index contributed by atoms with van der Waals surface area (Å²) >= 11 is 3.59. The topological polar surface area (TPSA) is 0 Å². The van der Waals surface area contributed by atoms with E-state index in [0.717, 1.165) is 6.42 Å². The Bertz CT molecular complexity index is 304. The van der Waals surface area contributed by atoms with Gasteiger partial charge in [-0.05, 0) is 36.5 Å².